The second-order valence-corrected chi connectivity index (χ2v) is 6.25. The zero-order chi connectivity index (χ0) is 17.6. The minimum atomic E-state index is -4.78. The molecule has 0 unspecified atom stereocenters. The van der Waals surface area contributed by atoms with Crippen LogP contribution in [-0.2, 0) is 6.18 Å². The van der Waals surface area contributed by atoms with Gasteiger partial charge in [0.05, 0.1) is 21.7 Å². The third-order valence-corrected chi connectivity index (χ3v) is 4.17. The fraction of sp³-hybridized carbons (Fsp3) is 0.200. The molecule has 126 valence electrons. The molecule has 5 nitrogen and oxygen atoms in total. The van der Waals surface area contributed by atoms with Crippen molar-refractivity contribution < 1.29 is 22.7 Å². The number of aryl methyl sites for hydroxylation is 2. The first-order chi connectivity index (χ1) is 11.2. The predicted molar refractivity (Wildman–Crippen MR) is 83.2 cm³/mol. The highest BCUT2D eigenvalue weighted by atomic mass is 32.1. The molecule has 24 heavy (non-hydrogen) atoms. The molecule has 0 aliphatic rings. The van der Waals surface area contributed by atoms with Crippen LogP contribution in [-0.4, -0.2) is 10.1 Å². The van der Waals surface area contributed by atoms with Gasteiger partial charge in [-0.05, 0) is 31.5 Å². The van der Waals surface area contributed by atoms with Crippen LogP contribution in [0.4, 0.5) is 13.2 Å². The van der Waals surface area contributed by atoms with Gasteiger partial charge in [-0.15, -0.1) is 11.3 Å². The lowest BCUT2D eigenvalue weighted by Crippen LogP contribution is -2.19. The molecule has 0 spiro atoms. The Kier molecular flexibility index (Phi) is 3.75. The number of aromatic hydroxyl groups is 1. The molecule has 0 aliphatic carbocycles. The summed E-state index contributed by atoms with van der Waals surface area (Å²) in [7, 11) is 0. The summed E-state index contributed by atoms with van der Waals surface area (Å²) in [6.07, 6.45) is -4.78. The third kappa shape index (κ3) is 2.60. The topological polar surface area (TPSA) is 84.6 Å². The van der Waals surface area contributed by atoms with Crippen molar-refractivity contribution in [3.63, 3.8) is 0 Å². The van der Waals surface area contributed by atoms with E-state index < -0.39 is 11.9 Å². The molecule has 0 aliphatic heterocycles. The van der Waals surface area contributed by atoms with E-state index in [1.165, 1.54) is 28.8 Å². The molecule has 2 heterocycles. The van der Waals surface area contributed by atoms with E-state index in [1.807, 2.05) is 0 Å². The first-order valence-corrected chi connectivity index (χ1v) is 7.64. The average molecular weight is 355 g/mol. The molecule has 0 atom stereocenters. The van der Waals surface area contributed by atoms with Crippen molar-refractivity contribution in [3.05, 3.63) is 39.2 Å². The Labute approximate surface area is 137 Å². The molecule has 2 aromatic heterocycles. The van der Waals surface area contributed by atoms with Gasteiger partial charge in [0.25, 0.3) is 0 Å². The van der Waals surface area contributed by atoms with Gasteiger partial charge in [0.2, 0.25) is 5.76 Å². The van der Waals surface area contributed by atoms with Gasteiger partial charge >= 0.3 is 6.18 Å². The lowest BCUT2D eigenvalue weighted by Gasteiger charge is -2.13. The maximum atomic E-state index is 13.5. The normalized spacial score (nSPS) is 13.0. The highest BCUT2D eigenvalue weighted by molar-refractivity contribution is 7.09. The van der Waals surface area contributed by atoms with Crippen molar-refractivity contribution in [1.82, 2.24) is 4.98 Å². The van der Waals surface area contributed by atoms with Gasteiger partial charge in [0.1, 0.15) is 16.7 Å². The van der Waals surface area contributed by atoms with Gasteiger partial charge in [-0.2, -0.15) is 18.3 Å². The SMILES string of the molecule is Cc1cc(O)c2c(=NN)c(-c3csc(C)n3)c(C(F)(F)F)oc2c1. The summed E-state index contributed by atoms with van der Waals surface area (Å²) in [4.78, 5) is 4.08. The maximum Gasteiger partial charge on any atom is 0.450 e. The number of aromatic nitrogens is 1. The number of hydrogen-bond acceptors (Lipinski definition) is 6. The minimum absolute atomic E-state index is 0.0109. The molecule has 0 fully saturated rings. The first-order valence-electron chi connectivity index (χ1n) is 6.76. The quantitative estimate of drug-likeness (QED) is 0.515. The van der Waals surface area contributed by atoms with E-state index in [0.717, 1.165) is 0 Å². The zero-order valence-corrected chi connectivity index (χ0v) is 13.4. The van der Waals surface area contributed by atoms with Gasteiger partial charge in [-0.1, -0.05) is 0 Å². The summed E-state index contributed by atoms with van der Waals surface area (Å²) < 4.78 is 45.7. The van der Waals surface area contributed by atoms with E-state index in [-0.39, 0.29) is 33.3 Å². The third-order valence-electron chi connectivity index (χ3n) is 3.40. The number of thiazole rings is 1. The summed E-state index contributed by atoms with van der Waals surface area (Å²) in [6.45, 7) is 3.29. The van der Waals surface area contributed by atoms with Crippen LogP contribution < -0.4 is 11.2 Å². The predicted octanol–water partition coefficient (Wildman–Crippen LogP) is 3.67. The molecule has 0 amide bonds. The second-order valence-electron chi connectivity index (χ2n) is 5.19. The van der Waals surface area contributed by atoms with Crippen molar-refractivity contribution in [1.29, 1.82) is 0 Å². The number of fused-ring (bicyclic) bond motifs is 1. The number of hydrogen-bond donors (Lipinski definition) is 2. The van der Waals surface area contributed by atoms with Crippen molar-refractivity contribution in [2.24, 2.45) is 10.9 Å². The Hall–Kier alpha value is -2.55. The summed E-state index contributed by atoms with van der Waals surface area (Å²) in [5, 5.41) is 15.5. The molecule has 1 aromatic carbocycles. The number of phenols is 1. The van der Waals surface area contributed by atoms with Crippen LogP contribution in [0.25, 0.3) is 22.2 Å². The molecule has 0 radical (unpaired) electrons. The molecule has 0 saturated heterocycles. The van der Waals surface area contributed by atoms with E-state index in [9.17, 15) is 18.3 Å². The largest absolute Gasteiger partial charge is 0.507 e. The standard InChI is InChI=1S/C15H12F3N3O2S/c1-6-3-9(22)12-10(4-6)23-14(15(16,17)18)11(13(12)21-19)8-5-24-7(2)20-8/h3-5,22H,19H2,1-2H3. The Balaban J connectivity index is 2.57. The van der Waals surface area contributed by atoms with Crippen LogP contribution in [0, 0.1) is 13.8 Å². The van der Waals surface area contributed by atoms with Crippen LogP contribution in [0.2, 0.25) is 0 Å². The summed E-state index contributed by atoms with van der Waals surface area (Å²) in [5.41, 5.74) is 0.0393. The molecular formula is C15H12F3N3O2S. The van der Waals surface area contributed by atoms with E-state index >= 15 is 0 Å². The van der Waals surface area contributed by atoms with Gasteiger partial charge in [-0.25, -0.2) is 4.98 Å². The van der Waals surface area contributed by atoms with Crippen LogP contribution in [0.5, 0.6) is 5.75 Å². The average Bonchev–Trinajstić information content (AvgIpc) is 2.90. The van der Waals surface area contributed by atoms with Crippen molar-refractivity contribution in [2.45, 2.75) is 20.0 Å². The summed E-state index contributed by atoms with van der Waals surface area (Å²) >= 11 is 1.18. The Bertz CT molecular complexity index is 1010. The minimum Gasteiger partial charge on any atom is -0.507 e. The molecule has 9 heteroatoms. The van der Waals surface area contributed by atoms with Gasteiger partial charge in [0, 0.05) is 5.38 Å². The van der Waals surface area contributed by atoms with Crippen LogP contribution in [0.1, 0.15) is 16.3 Å². The number of halogens is 3. The Morgan fingerprint density at radius 3 is 2.54 bits per heavy atom. The number of nitrogens with two attached hydrogens (primary N) is 1. The van der Waals surface area contributed by atoms with Crippen molar-refractivity contribution in [2.75, 3.05) is 0 Å². The number of benzene rings is 1. The molecule has 3 N–H and O–H groups in total. The molecule has 0 bridgehead atoms. The van der Waals surface area contributed by atoms with Crippen LogP contribution >= 0.6 is 11.3 Å². The Morgan fingerprint density at radius 2 is 2.00 bits per heavy atom. The summed E-state index contributed by atoms with van der Waals surface area (Å²) in [6, 6.07) is 2.78. The number of alkyl halides is 3. The molecule has 0 saturated carbocycles. The fourth-order valence-corrected chi connectivity index (χ4v) is 3.10. The smallest absolute Gasteiger partial charge is 0.450 e. The van der Waals surface area contributed by atoms with E-state index in [2.05, 4.69) is 10.1 Å². The molecular weight excluding hydrogens is 343 g/mol. The highest BCUT2D eigenvalue weighted by Gasteiger charge is 2.39. The van der Waals surface area contributed by atoms with Gasteiger partial charge < -0.3 is 15.4 Å². The highest BCUT2D eigenvalue weighted by Crippen LogP contribution is 2.39. The molecule has 3 aromatic rings. The number of phenolic OH excluding ortho intramolecular Hbond substituents is 1. The lowest BCUT2D eigenvalue weighted by molar-refractivity contribution is -0.152. The van der Waals surface area contributed by atoms with Crippen LogP contribution in [0.15, 0.2) is 27.0 Å². The van der Waals surface area contributed by atoms with Gasteiger partial charge in [-0.3, -0.25) is 0 Å². The van der Waals surface area contributed by atoms with Gasteiger partial charge in [0.15, 0.2) is 0 Å². The monoisotopic (exact) mass is 355 g/mol. The van der Waals surface area contributed by atoms with Crippen LogP contribution in [0.3, 0.4) is 0 Å². The zero-order valence-electron chi connectivity index (χ0n) is 12.6. The maximum absolute atomic E-state index is 13.5. The van der Waals surface area contributed by atoms with E-state index in [4.69, 9.17) is 10.3 Å². The fourth-order valence-electron chi connectivity index (χ4n) is 2.49. The van der Waals surface area contributed by atoms with E-state index in [1.54, 1.807) is 13.8 Å². The first kappa shape index (κ1) is 16.3. The number of nitrogens with zero attached hydrogens (tertiary/aromatic N) is 2. The van der Waals surface area contributed by atoms with Crippen molar-refractivity contribution in [3.8, 4) is 17.0 Å². The lowest BCUT2D eigenvalue weighted by atomic mass is 10.0. The second kappa shape index (κ2) is 5.52. The summed E-state index contributed by atoms with van der Waals surface area (Å²) in [5.74, 6) is 3.84. The number of rotatable bonds is 1. The molecule has 3 rings (SSSR count). The van der Waals surface area contributed by atoms with E-state index in [0.29, 0.717) is 10.6 Å². The van der Waals surface area contributed by atoms with Crippen molar-refractivity contribution >= 4 is 22.3 Å². The Morgan fingerprint density at radius 1 is 1.29 bits per heavy atom.